The predicted octanol–water partition coefficient (Wildman–Crippen LogP) is 6.15. The molecule has 0 saturated carbocycles. The second kappa shape index (κ2) is 13.5. The first-order valence-electron chi connectivity index (χ1n) is 14.3. The van der Waals surface area contributed by atoms with E-state index in [2.05, 4.69) is 10.3 Å². The fourth-order valence-corrected chi connectivity index (χ4v) is 5.96. The molecule has 3 N–H and O–H groups in total. The van der Waals surface area contributed by atoms with Crippen LogP contribution in [0.15, 0.2) is 60.9 Å². The number of fused-ring (bicyclic) bond motifs is 2. The molecule has 1 aromatic heterocycles. The molecule has 1 aliphatic carbocycles. The number of aliphatic hydroxyl groups excluding tert-OH is 1. The van der Waals surface area contributed by atoms with Crippen LogP contribution in [0.3, 0.4) is 0 Å². The molecule has 2 heterocycles. The Hall–Kier alpha value is -4.09. The molecule has 0 bridgehead atoms. The maximum absolute atomic E-state index is 15.6. The first-order valence-corrected chi connectivity index (χ1v) is 15.1. The third-order valence-electron chi connectivity index (χ3n) is 7.71. The molecule has 0 radical (unpaired) electrons. The number of nitrogens with zero attached hydrogens (tertiary/aromatic N) is 1. The van der Waals surface area contributed by atoms with Gasteiger partial charge in [0.1, 0.15) is 43.5 Å². The van der Waals surface area contributed by atoms with E-state index in [0.717, 1.165) is 22.3 Å². The van der Waals surface area contributed by atoms with E-state index in [4.69, 9.17) is 42.1 Å². The van der Waals surface area contributed by atoms with Gasteiger partial charge in [0.2, 0.25) is 0 Å². The number of benzene rings is 3. The highest BCUT2D eigenvalue weighted by molar-refractivity contribution is 6.32. The van der Waals surface area contributed by atoms with Crippen LogP contribution in [0.1, 0.15) is 34.8 Å². The summed E-state index contributed by atoms with van der Waals surface area (Å²) in [5.41, 5.74) is 4.37. The number of hydrogen-bond acceptors (Lipinski definition) is 8. The van der Waals surface area contributed by atoms with Crippen LogP contribution >= 0.6 is 23.2 Å². The standard InChI is InChI=1S/C33H29Cl2FN2O7/c34-20-10-18(13-37-15-20)17-44-29-12-30(25(35)11-19(29)14-38-26(16-39)33(40)41)45-27-6-4-22-21(2-1-3-23(22)27)24-5-7-28-32(31(24)36)43-9-8-42-28/h1-3,5,7,10-13,15,26-27,38-39H,4,6,8-9,14,16-17H2,(H,40,41)/t26-,27-/m0/s1. The van der Waals surface area contributed by atoms with E-state index in [1.54, 1.807) is 36.5 Å². The second-order valence-electron chi connectivity index (χ2n) is 10.6. The summed E-state index contributed by atoms with van der Waals surface area (Å²) < 4.78 is 39.2. The van der Waals surface area contributed by atoms with Gasteiger partial charge in [0.25, 0.3) is 0 Å². The molecular formula is C33H29Cl2FN2O7. The van der Waals surface area contributed by atoms with E-state index in [9.17, 15) is 15.0 Å². The zero-order valence-corrected chi connectivity index (χ0v) is 25.4. The lowest BCUT2D eigenvalue weighted by Gasteiger charge is -2.21. The molecule has 0 unspecified atom stereocenters. The molecule has 12 heteroatoms. The van der Waals surface area contributed by atoms with Crippen LogP contribution in [0.2, 0.25) is 10.0 Å². The van der Waals surface area contributed by atoms with Gasteiger partial charge < -0.3 is 29.2 Å². The Kier molecular flexibility index (Phi) is 9.27. The zero-order valence-electron chi connectivity index (χ0n) is 23.9. The minimum Gasteiger partial charge on any atom is -0.488 e. The average Bonchev–Trinajstić information content (AvgIpc) is 3.45. The van der Waals surface area contributed by atoms with Crippen LogP contribution in [0, 0.1) is 5.82 Å². The van der Waals surface area contributed by atoms with Crippen molar-refractivity contribution in [2.45, 2.75) is 38.1 Å². The molecule has 4 aromatic rings. The Morgan fingerprint density at radius 3 is 2.73 bits per heavy atom. The van der Waals surface area contributed by atoms with Crippen molar-refractivity contribution < 1.29 is 38.3 Å². The van der Waals surface area contributed by atoms with Crippen molar-refractivity contribution in [1.29, 1.82) is 0 Å². The number of nitrogens with one attached hydrogen (secondary N) is 1. The number of carbonyl (C=O) groups is 1. The number of aliphatic carboxylic acids is 1. The number of ether oxygens (including phenoxy) is 4. The highest BCUT2D eigenvalue weighted by Crippen LogP contribution is 2.45. The van der Waals surface area contributed by atoms with Gasteiger partial charge in [0.15, 0.2) is 17.3 Å². The van der Waals surface area contributed by atoms with Gasteiger partial charge in [0.05, 0.1) is 16.7 Å². The fourth-order valence-electron chi connectivity index (χ4n) is 5.53. The van der Waals surface area contributed by atoms with E-state index in [1.807, 2.05) is 18.2 Å². The van der Waals surface area contributed by atoms with Crippen molar-refractivity contribution >= 4 is 29.2 Å². The Balaban J connectivity index is 1.28. The minimum atomic E-state index is -1.19. The summed E-state index contributed by atoms with van der Waals surface area (Å²) in [4.78, 5) is 15.5. The number of hydrogen-bond donors (Lipinski definition) is 3. The molecule has 0 fully saturated rings. The smallest absolute Gasteiger partial charge is 0.323 e. The maximum atomic E-state index is 15.6. The Morgan fingerprint density at radius 1 is 1.09 bits per heavy atom. The molecule has 45 heavy (non-hydrogen) atoms. The quantitative estimate of drug-likeness (QED) is 0.175. The first kappa shape index (κ1) is 30.9. The van der Waals surface area contributed by atoms with Gasteiger partial charge in [0, 0.05) is 41.7 Å². The van der Waals surface area contributed by atoms with E-state index in [0.29, 0.717) is 57.9 Å². The zero-order chi connectivity index (χ0) is 31.5. The third-order valence-corrected chi connectivity index (χ3v) is 8.22. The number of rotatable bonds is 11. The van der Waals surface area contributed by atoms with E-state index < -0.39 is 24.4 Å². The molecule has 2 aliphatic rings. The van der Waals surface area contributed by atoms with Gasteiger partial charge in [-0.3, -0.25) is 15.1 Å². The molecule has 3 aromatic carbocycles. The lowest BCUT2D eigenvalue weighted by atomic mass is 9.96. The topological polar surface area (TPSA) is 119 Å². The number of carboxylic acid groups (broad SMARTS) is 1. The first-order chi connectivity index (χ1) is 21.8. The van der Waals surface area contributed by atoms with Crippen LogP contribution < -0.4 is 24.3 Å². The maximum Gasteiger partial charge on any atom is 0.323 e. The van der Waals surface area contributed by atoms with Crippen LogP contribution in [-0.2, 0) is 24.4 Å². The molecule has 6 rings (SSSR count). The predicted molar refractivity (Wildman–Crippen MR) is 165 cm³/mol. The number of carboxylic acids is 1. The Bertz CT molecular complexity index is 1740. The van der Waals surface area contributed by atoms with Crippen LogP contribution in [-0.4, -0.2) is 47.0 Å². The van der Waals surface area contributed by atoms with Gasteiger partial charge in [-0.25, -0.2) is 4.39 Å². The van der Waals surface area contributed by atoms with Crippen LogP contribution in [0.4, 0.5) is 4.39 Å². The summed E-state index contributed by atoms with van der Waals surface area (Å²) in [6.45, 7) is 0.253. The molecule has 1 aliphatic heterocycles. The number of aliphatic hydroxyl groups is 1. The fraction of sp³-hybridized carbons (Fsp3) is 0.273. The Morgan fingerprint density at radius 2 is 1.93 bits per heavy atom. The normalized spacial score (nSPS) is 15.8. The van der Waals surface area contributed by atoms with Crippen molar-refractivity contribution in [3.05, 3.63) is 99.0 Å². The number of aromatic nitrogens is 1. The molecule has 0 amide bonds. The third kappa shape index (κ3) is 6.64. The van der Waals surface area contributed by atoms with E-state index in [-0.39, 0.29) is 31.6 Å². The van der Waals surface area contributed by atoms with E-state index in [1.165, 1.54) is 6.20 Å². The molecular weight excluding hydrogens is 626 g/mol. The van der Waals surface area contributed by atoms with Gasteiger partial charge in [-0.05, 0) is 53.8 Å². The van der Waals surface area contributed by atoms with Crippen molar-refractivity contribution in [3.63, 3.8) is 0 Å². The largest absolute Gasteiger partial charge is 0.488 e. The van der Waals surface area contributed by atoms with Crippen molar-refractivity contribution in [2.24, 2.45) is 0 Å². The lowest BCUT2D eigenvalue weighted by Crippen LogP contribution is -2.39. The van der Waals surface area contributed by atoms with Crippen molar-refractivity contribution in [1.82, 2.24) is 10.3 Å². The molecule has 0 spiro atoms. The highest BCUT2D eigenvalue weighted by atomic mass is 35.5. The van der Waals surface area contributed by atoms with Gasteiger partial charge in [-0.1, -0.05) is 41.4 Å². The second-order valence-corrected chi connectivity index (χ2v) is 11.5. The number of halogens is 3. The summed E-state index contributed by atoms with van der Waals surface area (Å²) in [6, 6.07) is 13.0. The summed E-state index contributed by atoms with van der Waals surface area (Å²) in [6.07, 6.45) is 4.08. The summed E-state index contributed by atoms with van der Waals surface area (Å²) in [7, 11) is 0. The lowest BCUT2D eigenvalue weighted by molar-refractivity contribution is -0.140. The van der Waals surface area contributed by atoms with Crippen LogP contribution in [0.25, 0.3) is 11.1 Å². The molecule has 9 nitrogen and oxygen atoms in total. The van der Waals surface area contributed by atoms with Crippen molar-refractivity contribution in [3.8, 4) is 34.1 Å². The van der Waals surface area contributed by atoms with Crippen molar-refractivity contribution in [2.75, 3.05) is 19.8 Å². The van der Waals surface area contributed by atoms with Gasteiger partial charge >= 0.3 is 5.97 Å². The molecule has 2 atom stereocenters. The average molecular weight is 656 g/mol. The number of pyridine rings is 1. The Labute approximate surface area is 268 Å². The molecule has 234 valence electrons. The molecule has 0 saturated heterocycles. The van der Waals surface area contributed by atoms with Crippen LogP contribution in [0.5, 0.6) is 23.0 Å². The monoisotopic (exact) mass is 654 g/mol. The highest BCUT2D eigenvalue weighted by Gasteiger charge is 2.30. The van der Waals surface area contributed by atoms with Gasteiger partial charge in [-0.2, -0.15) is 0 Å². The summed E-state index contributed by atoms with van der Waals surface area (Å²) in [5.74, 6) is -0.367. The SMILES string of the molecule is O=C(O)[C@H](CO)NCc1cc(Cl)c(O[C@H]2CCc3c(-c4ccc5c(c4F)OCCO5)cccc32)cc1OCc1cncc(Cl)c1. The minimum absolute atomic E-state index is 0.0530. The van der Waals surface area contributed by atoms with Gasteiger partial charge in [-0.15, -0.1) is 0 Å². The van der Waals surface area contributed by atoms with E-state index >= 15 is 4.39 Å². The summed E-state index contributed by atoms with van der Waals surface area (Å²) in [5, 5.41) is 22.3. The summed E-state index contributed by atoms with van der Waals surface area (Å²) >= 11 is 12.8.